The van der Waals surface area contributed by atoms with Gasteiger partial charge in [-0.25, -0.2) is 9.59 Å². The average Bonchev–Trinajstić information content (AvgIpc) is 2.57. The van der Waals surface area contributed by atoms with Crippen LogP contribution >= 0.6 is 24.0 Å². The van der Waals surface area contributed by atoms with Gasteiger partial charge in [-0.3, -0.25) is 4.99 Å². The van der Waals surface area contributed by atoms with E-state index in [1.165, 1.54) is 0 Å². The van der Waals surface area contributed by atoms with Crippen molar-refractivity contribution in [3.8, 4) is 0 Å². The SMILES string of the molecule is CCOC(=O)NC(CN=C(N)N1CCN(C(=O)OC(C)(C)C)CC1)CC(C)C.I. The van der Waals surface area contributed by atoms with Crippen LogP contribution in [-0.2, 0) is 9.47 Å². The Hall–Kier alpha value is -1.46. The van der Waals surface area contributed by atoms with Gasteiger partial charge in [0.1, 0.15) is 5.60 Å². The number of nitrogens with two attached hydrogens (primary N) is 1. The second kappa shape index (κ2) is 13.0. The van der Waals surface area contributed by atoms with E-state index in [0.717, 1.165) is 6.42 Å². The van der Waals surface area contributed by atoms with Crippen molar-refractivity contribution in [2.24, 2.45) is 16.6 Å². The van der Waals surface area contributed by atoms with Crippen molar-refractivity contribution in [3.63, 3.8) is 0 Å². The van der Waals surface area contributed by atoms with E-state index in [1.54, 1.807) is 11.8 Å². The first-order valence-corrected chi connectivity index (χ1v) is 9.98. The Labute approximate surface area is 191 Å². The third kappa shape index (κ3) is 11.3. The molecule has 1 saturated heterocycles. The Morgan fingerprint density at radius 3 is 2.17 bits per heavy atom. The highest BCUT2D eigenvalue weighted by atomic mass is 127. The molecule has 170 valence electrons. The molecular formula is C19H38IN5O4. The Kier molecular flexibility index (Phi) is 12.3. The Morgan fingerprint density at radius 2 is 1.69 bits per heavy atom. The van der Waals surface area contributed by atoms with Gasteiger partial charge in [0.2, 0.25) is 0 Å². The second-order valence-corrected chi connectivity index (χ2v) is 8.34. The van der Waals surface area contributed by atoms with Gasteiger partial charge in [0, 0.05) is 26.2 Å². The molecule has 1 aliphatic heterocycles. The first kappa shape index (κ1) is 27.5. The molecule has 1 aliphatic rings. The van der Waals surface area contributed by atoms with Crippen LogP contribution in [-0.4, -0.2) is 78.9 Å². The zero-order valence-corrected chi connectivity index (χ0v) is 20.9. The van der Waals surface area contributed by atoms with Crippen molar-refractivity contribution < 1.29 is 19.1 Å². The highest BCUT2D eigenvalue weighted by molar-refractivity contribution is 14.0. The van der Waals surface area contributed by atoms with Crippen LogP contribution in [0.5, 0.6) is 0 Å². The molecule has 29 heavy (non-hydrogen) atoms. The van der Waals surface area contributed by atoms with Crippen molar-refractivity contribution in [2.75, 3.05) is 39.3 Å². The van der Waals surface area contributed by atoms with Gasteiger partial charge in [-0.1, -0.05) is 13.8 Å². The number of halogens is 1. The number of piperazine rings is 1. The number of nitrogens with zero attached hydrogens (tertiary/aromatic N) is 3. The maximum Gasteiger partial charge on any atom is 0.410 e. The molecule has 0 aromatic rings. The molecule has 0 aliphatic carbocycles. The minimum absolute atomic E-state index is 0. The van der Waals surface area contributed by atoms with E-state index in [2.05, 4.69) is 24.2 Å². The summed E-state index contributed by atoms with van der Waals surface area (Å²) in [5.74, 6) is 0.823. The number of hydrogen-bond acceptors (Lipinski definition) is 5. The zero-order chi connectivity index (χ0) is 21.3. The van der Waals surface area contributed by atoms with E-state index in [9.17, 15) is 9.59 Å². The van der Waals surface area contributed by atoms with Crippen LogP contribution in [0.3, 0.4) is 0 Å². The predicted molar refractivity (Wildman–Crippen MR) is 125 cm³/mol. The van der Waals surface area contributed by atoms with Crippen LogP contribution in [0.25, 0.3) is 0 Å². The number of hydrogen-bond donors (Lipinski definition) is 2. The smallest absolute Gasteiger partial charge is 0.410 e. The van der Waals surface area contributed by atoms with Gasteiger partial charge < -0.3 is 30.3 Å². The number of carbonyl (C=O) groups is 2. The fourth-order valence-electron chi connectivity index (χ4n) is 2.84. The summed E-state index contributed by atoms with van der Waals surface area (Å²) in [5.41, 5.74) is 5.63. The summed E-state index contributed by atoms with van der Waals surface area (Å²) in [6, 6.07) is -0.138. The van der Waals surface area contributed by atoms with E-state index < -0.39 is 11.7 Å². The Balaban J connectivity index is 0.00000784. The predicted octanol–water partition coefficient (Wildman–Crippen LogP) is 2.63. The van der Waals surface area contributed by atoms with Gasteiger partial charge in [0.15, 0.2) is 5.96 Å². The topological polar surface area (TPSA) is 109 Å². The van der Waals surface area contributed by atoms with Crippen LogP contribution in [0, 0.1) is 5.92 Å². The van der Waals surface area contributed by atoms with Gasteiger partial charge in [-0.15, -0.1) is 24.0 Å². The summed E-state index contributed by atoms with van der Waals surface area (Å²) < 4.78 is 10.4. The van der Waals surface area contributed by atoms with E-state index in [1.807, 2.05) is 25.7 Å². The van der Waals surface area contributed by atoms with E-state index in [0.29, 0.717) is 51.2 Å². The van der Waals surface area contributed by atoms with Crippen LogP contribution in [0.2, 0.25) is 0 Å². The zero-order valence-electron chi connectivity index (χ0n) is 18.6. The summed E-state index contributed by atoms with van der Waals surface area (Å²) in [6.45, 7) is 14.4. The number of nitrogens with one attached hydrogen (secondary N) is 1. The van der Waals surface area contributed by atoms with Crippen molar-refractivity contribution in [1.29, 1.82) is 0 Å². The molecule has 0 aromatic heterocycles. The number of guanidine groups is 1. The summed E-state index contributed by atoms with van der Waals surface area (Å²) in [4.78, 5) is 31.9. The lowest BCUT2D eigenvalue weighted by Gasteiger charge is -2.36. The number of aliphatic imine (C=N–C) groups is 1. The average molecular weight is 527 g/mol. The number of alkyl carbamates (subject to hydrolysis) is 1. The molecule has 9 nitrogen and oxygen atoms in total. The van der Waals surface area contributed by atoms with Crippen LogP contribution in [0.4, 0.5) is 9.59 Å². The molecule has 1 heterocycles. The maximum absolute atomic E-state index is 12.1. The second-order valence-electron chi connectivity index (χ2n) is 8.34. The van der Waals surface area contributed by atoms with Gasteiger partial charge in [0.05, 0.1) is 19.2 Å². The third-order valence-electron chi connectivity index (χ3n) is 4.08. The van der Waals surface area contributed by atoms with Crippen molar-refractivity contribution in [2.45, 2.75) is 59.6 Å². The van der Waals surface area contributed by atoms with Crippen molar-refractivity contribution in [1.82, 2.24) is 15.1 Å². The molecule has 0 radical (unpaired) electrons. The lowest BCUT2D eigenvalue weighted by atomic mass is 10.0. The molecule has 0 saturated carbocycles. The molecule has 0 bridgehead atoms. The number of ether oxygens (including phenoxy) is 2. The molecule has 1 fully saturated rings. The Morgan fingerprint density at radius 1 is 1.14 bits per heavy atom. The highest BCUT2D eigenvalue weighted by Crippen LogP contribution is 2.12. The summed E-state index contributed by atoms with van der Waals surface area (Å²) in [7, 11) is 0. The molecule has 10 heteroatoms. The molecule has 1 atom stereocenters. The van der Waals surface area contributed by atoms with Crippen LogP contribution in [0.15, 0.2) is 4.99 Å². The summed E-state index contributed by atoms with van der Waals surface area (Å²) in [6.07, 6.45) is 0.0355. The summed E-state index contributed by atoms with van der Waals surface area (Å²) in [5, 5.41) is 2.84. The quantitative estimate of drug-likeness (QED) is 0.312. The van der Waals surface area contributed by atoms with Gasteiger partial charge in [-0.05, 0) is 40.0 Å². The lowest BCUT2D eigenvalue weighted by Crippen LogP contribution is -2.53. The van der Waals surface area contributed by atoms with Crippen molar-refractivity contribution in [3.05, 3.63) is 0 Å². The third-order valence-corrected chi connectivity index (χ3v) is 4.08. The van der Waals surface area contributed by atoms with Crippen LogP contribution in [0.1, 0.15) is 48.0 Å². The first-order chi connectivity index (χ1) is 13.0. The van der Waals surface area contributed by atoms with E-state index in [-0.39, 0.29) is 36.1 Å². The monoisotopic (exact) mass is 527 g/mol. The van der Waals surface area contributed by atoms with Crippen LogP contribution < -0.4 is 11.1 Å². The fraction of sp³-hybridized carbons (Fsp3) is 0.842. The number of amides is 2. The normalized spacial score (nSPS) is 16.2. The largest absolute Gasteiger partial charge is 0.450 e. The van der Waals surface area contributed by atoms with Gasteiger partial charge in [0.25, 0.3) is 0 Å². The fourth-order valence-corrected chi connectivity index (χ4v) is 2.84. The van der Waals surface area contributed by atoms with E-state index >= 15 is 0 Å². The molecular weight excluding hydrogens is 489 g/mol. The lowest BCUT2D eigenvalue weighted by molar-refractivity contribution is 0.0186. The minimum atomic E-state index is -0.508. The first-order valence-electron chi connectivity index (χ1n) is 9.98. The molecule has 0 spiro atoms. The minimum Gasteiger partial charge on any atom is -0.450 e. The number of rotatable bonds is 6. The molecule has 2 amide bonds. The maximum atomic E-state index is 12.1. The van der Waals surface area contributed by atoms with Gasteiger partial charge in [-0.2, -0.15) is 0 Å². The molecule has 1 unspecified atom stereocenters. The molecule has 0 aromatic carbocycles. The van der Waals surface area contributed by atoms with Crippen molar-refractivity contribution >= 4 is 42.1 Å². The summed E-state index contributed by atoms with van der Waals surface area (Å²) >= 11 is 0. The Bertz CT molecular complexity index is 543. The molecule has 3 N–H and O–H groups in total. The van der Waals surface area contributed by atoms with E-state index in [4.69, 9.17) is 15.2 Å². The highest BCUT2D eigenvalue weighted by Gasteiger charge is 2.26. The standard InChI is InChI=1S/C19H37N5O4.HI/c1-7-27-17(25)22-15(12-14(2)3)13-21-16(20)23-8-10-24(11-9-23)18(26)28-19(4,5)6;/h14-15H,7-13H2,1-6H3,(H2,20,21)(H,22,25);1H. The van der Waals surface area contributed by atoms with Gasteiger partial charge >= 0.3 is 12.2 Å². The molecule has 1 rings (SSSR count). The number of carbonyl (C=O) groups excluding carboxylic acids is 2.